The summed E-state index contributed by atoms with van der Waals surface area (Å²) in [4.78, 5) is 30.4. The number of carbonyl (C=O) groups is 2. The van der Waals surface area contributed by atoms with Crippen LogP contribution in [0.3, 0.4) is 0 Å². The Balaban J connectivity index is 1.55. The average molecular weight is 352 g/mol. The fourth-order valence-corrected chi connectivity index (χ4v) is 3.23. The lowest BCUT2D eigenvalue weighted by Crippen LogP contribution is -2.51. The quantitative estimate of drug-likeness (QED) is 0.811. The van der Waals surface area contributed by atoms with Gasteiger partial charge in [-0.05, 0) is 30.8 Å². The Hall–Kier alpha value is -1.79. The van der Waals surface area contributed by atoms with Gasteiger partial charge in [-0.15, -0.1) is 0 Å². The molecule has 2 amide bonds. The monoisotopic (exact) mass is 351 g/mol. The van der Waals surface area contributed by atoms with Gasteiger partial charge in [0.25, 0.3) is 5.91 Å². The number of amides is 2. The molecule has 0 aromatic heterocycles. The van der Waals surface area contributed by atoms with E-state index < -0.39 is 6.10 Å². The van der Waals surface area contributed by atoms with E-state index in [0.29, 0.717) is 30.3 Å². The molecule has 7 heteroatoms. The molecule has 1 fully saturated rings. The summed E-state index contributed by atoms with van der Waals surface area (Å²) in [6, 6.07) is 5.34. The minimum Gasteiger partial charge on any atom is -0.480 e. The Morgan fingerprint density at radius 1 is 1.29 bits per heavy atom. The van der Waals surface area contributed by atoms with Crippen molar-refractivity contribution in [3.8, 4) is 5.75 Å². The molecule has 0 bridgehead atoms. The third-order valence-electron chi connectivity index (χ3n) is 4.58. The van der Waals surface area contributed by atoms with Crippen LogP contribution in [0.2, 0.25) is 5.02 Å². The summed E-state index contributed by atoms with van der Waals surface area (Å²) >= 11 is 5.97. The van der Waals surface area contributed by atoms with Gasteiger partial charge >= 0.3 is 0 Å². The molecule has 0 unspecified atom stereocenters. The number of likely N-dealkylation sites (N-methyl/N-ethyl adjacent to an activating group) is 2. The van der Waals surface area contributed by atoms with E-state index in [1.54, 1.807) is 19.2 Å². The van der Waals surface area contributed by atoms with Gasteiger partial charge in [0.05, 0.1) is 6.54 Å². The Labute approximate surface area is 146 Å². The highest BCUT2D eigenvalue weighted by molar-refractivity contribution is 6.30. The number of fused-ring (bicyclic) bond motifs is 1. The van der Waals surface area contributed by atoms with E-state index in [4.69, 9.17) is 16.3 Å². The molecule has 2 heterocycles. The van der Waals surface area contributed by atoms with Gasteiger partial charge in [-0.25, -0.2) is 0 Å². The normalized spacial score (nSPS) is 20.5. The van der Waals surface area contributed by atoms with Crippen molar-refractivity contribution < 1.29 is 14.3 Å². The summed E-state index contributed by atoms with van der Waals surface area (Å²) in [6.07, 6.45) is -0.0920. The van der Waals surface area contributed by atoms with Crippen LogP contribution >= 0.6 is 11.6 Å². The predicted molar refractivity (Wildman–Crippen MR) is 91.3 cm³/mol. The number of halogens is 1. The molecule has 0 aliphatic carbocycles. The van der Waals surface area contributed by atoms with Crippen LogP contribution in [0.15, 0.2) is 18.2 Å². The first kappa shape index (κ1) is 17.0. The maximum atomic E-state index is 12.6. The van der Waals surface area contributed by atoms with Crippen molar-refractivity contribution in [2.24, 2.45) is 0 Å². The molecular weight excluding hydrogens is 330 g/mol. The smallest absolute Gasteiger partial charge is 0.264 e. The SMILES string of the molecule is CN1CCN(C(=O)CN(C)C(=O)[C@@H]2Cc3cc(Cl)ccc3O2)CC1. The third kappa shape index (κ3) is 3.65. The van der Waals surface area contributed by atoms with Crippen LogP contribution < -0.4 is 4.74 Å². The van der Waals surface area contributed by atoms with Crippen LogP contribution in [-0.2, 0) is 16.0 Å². The number of nitrogens with zero attached hydrogens (tertiary/aromatic N) is 3. The van der Waals surface area contributed by atoms with Gasteiger partial charge in [0.15, 0.2) is 6.10 Å². The second kappa shape index (κ2) is 6.99. The fourth-order valence-electron chi connectivity index (χ4n) is 3.04. The summed E-state index contributed by atoms with van der Waals surface area (Å²) in [6.45, 7) is 3.23. The van der Waals surface area contributed by atoms with Crippen molar-refractivity contribution in [3.05, 3.63) is 28.8 Å². The molecule has 0 spiro atoms. The number of hydrogen-bond donors (Lipinski definition) is 0. The van der Waals surface area contributed by atoms with Crippen molar-refractivity contribution >= 4 is 23.4 Å². The summed E-state index contributed by atoms with van der Waals surface area (Å²) in [5.74, 6) is 0.499. The van der Waals surface area contributed by atoms with Crippen molar-refractivity contribution in [3.63, 3.8) is 0 Å². The standard InChI is InChI=1S/C17H22ClN3O3/c1-19-5-7-21(8-6-19)16(22)11-20(2)17(23)15-10-12-9-13(18)3-4-14(12)24-15/h3-4,9,15H,5-8,10-11H2,1-2H3/t15-/m0/s1. The summed E-state index contributed by atoms with van der Waals surface area (Å²) < 4.78 is 5.70. The second-order valence-electron chi connectivity index (χ2n) is 6.44. The highest BCUT2D eigenvalue weighted by atomic mass is 35.5. The Bertz CT molecular complexity index is 644. The van der Waals surface area contributed by atoms with E-state index >= 15 is 0 Å². The van der Waals surface area contributed by atoms with Gasteiger partial charge in [0, 0.05) is 44.7 Å². The topological polar surface area (TPSA) is 53.1 Å². The Kier molecular flexibility index (Phi) is 4.96. The summed E-state index contributed by atoms with van der Waals surface area (Å²) in [5.41, 5.74) is 0.930. The summed E-state index contributed by atoms with van der Waals surface area (Å²) in [5, 5.41) is 0.629. The summed E-state index contributed by atoms with van der Waals surface area (Å²) in [7, 11) is 3.69. The molecule has 1 aromatic carbocycles. The molecule has 3 rings (SSSR count). The van der Waals surface area contributed by atoms with E-state index in [0.717, 1.165) is 18.7 Å². The number of rotatable bonds is 3. The molecule has 1 aromatic rings. The first-order valence-corrected chi connectivity index (χ1v) is 8.48. The molecule has 130 valence electrons. The molecule has 2 aliphatic rings. The Morgan fingerprint density at radius 2 is 2.00 bits per heavy atom. The number of piperazine rings is 1. The zero-order valence-electron chi connectivity index (χ0n) is 14.0. The lowest BCUT2D eigenvalue weighted by Gasteiger charge is -2.33. The van der Waals surface area contributed by atoms with Gasteiger partial charge < -0.3 is 19.4 Å². The number of benzene rings is 1. The highest BCUT2D eigenvalue weighted by Gasteiger charge is 2.32. The number of hydrogen-bond acceptors (Lipinski definition) is 4. The lowest BCUT2D eigenvalue weighted by atomic mass is 10.1. The minimum atomic E-state index is -0.580. The number of carbonyl (C=O) groups excluding carboxylic acids is 2. The minimum absolute atomic E-state index is 0.0162. The molecule has 0 N–H and O–H groups in total. The van der Waals surface area contributed by atoms with Crippen LogP contribution in [-0.4, -0.2) is 79.4 Å². The maximum Gasteiger partial charge on any atom is 0.264 e. The molecule has 6 nitrogen and oxygen atoms in total. The molecule has 1 saturated heterocycles. The lowest BCUT2D eigenvalue weighted by molar-refractivity contribution is -0.143. The van der Waals surface area contributed by atoms with Gasteiger partial charge in [-0.2, -0.15) is 0 Å². The largest absolute Gasteiger partial charge is 0.480 e. The fraction of sp³-hybridized carbons (Fsp3) is 0.529. The van der Waals surface area contributed by atoms with Crippen LogP contribution in [0.1, 0.15) is 5.56 Å². The van der Waals surface area contributed by atoms with E-state index in [1.165, 1.54) is 4.90 Å². The van der Waals surface area contributed by atoms with E-state index in [9.17, 15) is 9.59 Å². The van der Waals surface area contributed by atoms with Crippen molar-refractivity contribution in [1.29, 1.82) is 0 Å². The van der Waals surface area contributed by atoms with E-state index in [-0.39, 0.29) is 18.4 Å². The molecule has 2 aliphatic heterocycles. The van der Waals surface area contributed by atoms with Crippen molar-refractivity contribution in [2.45, 2.75) is 12.5 Å². The van der Waals surface area contributed by atoms with Gasteiger partial charge in [0.2, 0.25) is 5.91 Å². The Morgan fingerprint density at radius 3 is 2.71 bits per heavy atom. The number of ether oxygens (including phenoxy) is 1. The van der Waals surface area contributed by atoms with Crippen LogP contribution in [0, 0.1) is 0 Å². The first-order chi connectivity index (χ1) is 11.4. The van der Waals surface area contributed by atoms with E-state index in [2.05, 4.69) is 4.90 Å². The molecule has 1 atom stereocenters. The maximum absolute atomic E-state index is 12.6. The van der Waals surface area contributed by atoms with Gasteiger partial charge in [0.1, 0.15) is 5.75 Å². The molecule has 0 saturated carbocycles. The second-order valence-corrected chi connectivity index (χ2v) is 6.88. The van der Waals surface area contributed by atoms with Crippen molar-refractivity contribution in [2.75, 3.05) is 46.8 Å². The van der Waals surface area contributed by atoms with Gasteiger partial charge in [-0.3, -0.25) is 9.59 Å². The van der Waals surface area contributed by atoms with Crippen LogP contribution in [0.25, 0.3) is 0 Å². The average Bonchev–Trinajstić information content (AvgIpc) is 2.97. The van der Waals surface area contributed by atoms with Gasteiger partial charge in [-0.1, -0.05) is 11.6 Å². The zero-order chi connectivity index (χ0) is 17.3. The highest BCUT2D eigenvalue weighted by Crippen LogP contribution is 2.31. The zero-order valence-corrected chi connectivity index (χ0v) is 14.8. The van der Waals surface area contributed by atoms with Crippen LogP contribution in [0.5, 0.6) is 5.75 Å². The van der Waals surface area contributed by atoms with Crippen molar-refractivity contribution in [1.82, 2.24) is 14.7 Å². The molecular formula is C17H22ClN3O3. The third-order valence-corrected chi connectivity index (χ3v) is 4.81. The van der Waals surface area contributed by atoms with Crippen LogP contribution in [0.4, 0.5) is 0 Å². The molecule has 0 radical (unpaired) electrons. The molecule has 24 heavy (non-hydrogen) atoms. The first-order valence-electron chi connectivity index (χ1n) is 8.10. The van der Waals surface area contributed by atoms with E-state index in [1.807, 2.05) is 18.0 Å². The predicted octanol–water partition coefficient (Wildman–Crippen LogP) is 0.876.